The van der Waals surface area contributed by atoms with Crippen LogP contribution in [0.3, 0.4) is 0 Å². The summed E-state index contributed by atoms with van der Waals surface area (Å²) in [4.78, 5) is 29.0. The van der Waals surface area contributed by atoms with Crippen molar-refractivity contribution < 1.29 is 9.59 Å². The van der Waals surface area contributed by atoms with Crippen LogP contribution >= 0.6 is 24.8 Å². The van der Waals surface area contributed by atoms with Gasteiger partial charge in [-0.25, -0.2) is 0 Å². The number of nitrogens with one attached hydrogen (secondary N) is 1. The Morgan fingerprint density at radius 1 is 1.12 bits per heavy atom. The number of carbonyl (C=O) groups excluding carboxylic acids is 2. The highest BCUT2D eigenvalue weighted by Crippen LogP contribution is 2.45. The molecule has 1 aliphatic carbocycles. The first-order valence-corrected chi connectivity index (χ1v) is 8.93. The largest absolute Gasteiger partial charge is 0.368 e. The number of primary amides is 1. The van der Waals surface area contributed by atoms with Crippen LogP contribution in [0.2, 0.25) is 0 Å². The predicted molar refractivity (Wildman–Crippen MR) is 103 cm³/mol. The molecular formula is C17H32Cl2N4O2. The smallest absolute Gasteiger partial charge is 0.237 e. The Morgan fingerprint density at radius 2 is 1.76 bits per heavy atom. The molecule has 0 aromatic heterocycles. The molecule has 3 aliphatic rings. The molecule has 146 valence electrons. The second kappa shape index (κ2) is 8.42. The Kier molecular flexibility index (Phi) is 7.57. The van der Waals surface area contributed by atoms with Gasteiger partial charge in [0.15, 0.2) is 0 Å². The molecule has 3 N–H and O–H groups in total. The summed E-state index contributed by atoms with van der Waals surface area (Å²) in [5, 5.41) is 3.45. The van der Waals surface area contributed by atoms with E-state index in [0.29, 0.717) is 24.9 Å². The van der Waals surface area contributed by atoms with Gasteiger partial charge < -0.3 is 16.0 Å². The van der Waals surface area contributed by atoms with Gasteiger partial charge in [0.25, 0.3) is 0 Å². The van der Waals surface area contributed by atoms with Crippen molar-refractivity contribution in [2.75, 3.05) is 39.3 Å². The van der Waals surface area contributed by atoms with Gasteiger partial charge in [0.05, 0.1) is 11.0 Å². The van der Waals surface area contributed by atoms with E-state index >= 15 is 0 Å². The Balaban J connectivity index is 0.00000156. The van der Waals surface area contributed by atoms with Crippen molar-refractivity contribution in [1.82, 2.24) is 15.1 Å². The lowest BCUT2D eigenvalue weighted by molar-refractivity contribution is -0.148. The number of amides is 2. The molecule has 3 fully saturated rings. The van der Waals surface area contributed by atoms with Crippen molar-refractivity contribution in [3.8, 4) is 0 Å². The maximum Gasteiger partial charge on any atom is 0.237 e. The third-order valence-electron chi connectivity index (χ3n) is 6.42. The molecule has 1 saturated carbocycles. The van der Waals surface area contributed by atoms with Gasteiger partial charge >= 0.3 is 0 Å². The number of fused-ring (bicyclic) bond motifs is 1. The lowest BCUT2D eigenvalue weighted by Gasteiger charge is -2.46. The van der Waals surface area contributed by atoms with Gasteiger partial charge in [0.2, 0.25) is 11.8 Å². The first-order valence-electron chi connectivity index (χ1n) is 8.93. The zero-order chi connectivity index (χ0) is 16.7. The quantitative estimate of drug-likeness (QED) is 0.748. The van der Waals surface area contributed by atoms with Gasteiger partial charge in [-0.15, -0.1) is 24.8 Å². The molecule has 0 unspecified atom stereocenters. The van der Waals surface area contributed by atoms with Crippen LogP contribution in [-0.4, -0.2) is 66.4 Å². The molecule has 25 heavy (non-hydrogen) atoms. The van der Waals surface area contributed by atoms with Gasteiger partial charge in [-0.2, -0.15) is 0 Å². The maximum atomic E-state index is 13.2. The summed E-state index contributed by atoms with van der Waals surface area (Å²) in [7, 11) is 0. The minimum atomic E-state index is -0.643. The molecule has 0 radical (unpaired) electrons. The molecule has 8 heteroatoms. The molecule has 0 aromatic rings. The maximum absolute atomic E-state index is 13.2. The zero-order valence-corrected chi connectivity index (χ0v) is 16.9. The highest BCUT2D eigenvalue weighted by Gasteiger charge is 2.51. The summed E-state index contributed by atoms with van der Waals surface area (Å²) in [6, 6.07) is 0. The van der Waals surface area contributed by atoms with E-state index < -0.39 is 5.54 Å². The monoisotopic (exact) mass is 394 g/mol. The topological polar surface area (TPSA) is 78.7 Å². The molecule has 3 rings (SSSR count). The fourth-order valence-electron chi connectivity index (χ4n) is 4.61. The van der Waals surface area contributed by atoms with E-state index in [1.54, 1.807) is 0 Å². The predicted octanol–water partition coefficient (Wildman–Crippen LogP) is 1.02. The number of rotatable bonds is 3. The van der Waals surface area contributed by atoms with Crippen molar-refractivity contribution in [2.45, 2.75) is 45.1 Å². The van der Waals surface area contributed by atoms with E-state index in [2.05, 4.69) is 10.2 Å². The van der Waals surface area contributed by atoms with Crippen LogP contribution in [0.15, 0.2) is 0 Å². The number of halogens is 2. The van der Waals surface area contributed by atoms with Gasteiger partial charge in [-0.1, -0.05) is 12.8 Å². The van der Waals surface area contributed by atoms with Gasteiger partial charge in [0.1, 0.15) is 0 Å². The highest BCUT2D eigenvalue weighted by atomic mass is 35.5. The molecule has 2 heterocycles. The molecule has 0 bridgehead atoms. The summed E-state index contributed by atoms with van der Waals surface area (Å²) >= 11 is 0. The number of hydrogen-bond donors (Lipinski definition) is 2. The molecule has 2 atom stereocenters. The van der Waals surface area contributed by atoms with Crippen molar-refractivity contribution in [3.05, 3.63) is 0 Å². The summed E-state index contributed by atoms with van der Waals surface area (Å²) in [5.41, 5.74) is 4.70. The Labute approximate surface area is 163 Å². The Hall–Kier alpha value is -0.560. The summed E-state index contributed by atoms with van der Waals surface area (Å²) in [6.07, 6.45) is 4.62. The van der Waals surface area contributed by atoms with Crippen molar-refractivity contribution in [1.29, 1.82) is 0 Å². The minimum absolute atomic E-state index is 0. The van der Waals surface area contributed by atoms with Crippen LogP contribution < -0.4 is 11.1 Å². The number of carbonyl (C=O) groups is 2. The number of nitrogens with zero attached hydrogens (tertiary/aromatic N) is 2. The van der Waals surface area contributed by atoms with Crippen LogP contribution in [-0.2, 0) is 9.59 Å². The van der Waals surface area contributed by atoms with E-state index in [-0.39, 0.29) is 36.1 Å². The van der Waals surface area contributed by atoms with Gasteiger partial charge in [-0.3, -0.25) is 14.5 Å². The lowest BCUT2D eigenvalue weighted by Crippen LogP contribution is -2.62. The fourth-order valence-corrected chi connectivity index (χ4v) is 4.61. The SMILES string of the molecule is CC(C)(C(N)=O)N1CCN(C(=O)[C@@]23CCCC[C@H]2CNC3)CC1.Cl.Cl. The Bertz CT molecular complexity index is 495. The van der Waals surface area contributed by atoms with Crippen molar-refractivity contribution in [2.24, 2.45) is 17.1 Å². The van der Waals surface area contributed by atoms with E-state index in [1.165, 1.54) is 19.3 Å². The Morgan fingerprint density at radius 3 is 2.36 bits per heavy atom. The van der Waals surface area contributed by atoms with Crippen LogP contribution in [0.25, 0.3) is 0 Å². The fraction of sp³-hybridized carbons (Fsp3) is 0.882. The summed E-state index contributed by atoms with van der Waals surface area (Å²) < 4.78 is 0. The van der Waals surface area contributed by atoms with Gasteiger partial charge in [0, 0.05) is 32.7 Å². The number of nitrogens with two attached hydrogens (primary N) is 1. The summed E-state index contributed by atoms with van der Waals surface area (Å²) in [6.45, 7) is 8.39. The number of hydrogen-bond acceptors (Lipinski definition) is 4. The van der Waals surface area contributed by atoms with Gasteiger partial charge in [-0.05, 0) is 39.2 Å². The molecule has 0 aromatic carbocycles. The first kappa shape index (κ1) is 22.5. The van der Waals surface area contributed by atoms with Crippen LogP contribution in [0.1, 0.15) is 39.5 Å². The van der Waals surface area contributed by atoms with Crippen LogP contribution in [0, 0.1) is 11.3 Å². The average molecular weight is 395 g/mol. The van der Waals surface area contributed by atoms with E-state index in [4.69, 9.17) is 5.73 Å². The average Bonchev–Trinajstić information content (AvgIpc) is 2.99. The zero-order valence-electron chi connectivity index (χ0n) is 15.3. The van der Waals surface area contributed by atoms with E-state index in [9.17, 15) is 9.59 Å². The molecule has 2 aliphatic heterocycles. The third kappa shape index (κ3) is 3.92. The normalized spacial score (nSPS) is 30.0. The van der Waals surface area contributed by atoms with E-state index in [1.807, 2.05) is 18.7 Å². The second-order valence-corrected chi connectivity index (χ2v) is 7.93. The van der Waals surface area contributed by atoms with E-state index in [0.717, 1.165) is 32.6 Å². The van der Waals surface area contributed by atoms with Crippen molar-refractivity contribution >= 4 is 36.6 Å². The molecule has 0 spiro atoms. The summed E-state index contributed by atoms with van der Waals surface area (Å²) in [5.74, 6) is 0.538. The molecule has 2 amide bonds. The molecule has 2 saturated heterocycles. The highest BCUT2D eigenvalue weighted by molar-refractivity contribution is 5.86. The standard InChI is InChI=1S/C17H30N4O2.2ClH/c1-16(2,14(18)22)21-9-7-20(8-10-21)15(23)17-6-4-3-5-13(17)11-19-12-17;;/h13,19H,3-12H2,1-2H3,(H2,18,22);2*1H/t13-,17+;;/m0../s1. The molecule has 6 nitrogen and oxygen atoms in total. The third-order valence-corrected chi connectivity index (χ3v) is 6.42. The number of piperazine rings is 1. The van der Waals surface area contributed by atoms with Crippen LogP contribution in [0.5, 0.6) is 0 Å². The van der Waals surface area contributed by atoms with Crippen molar-refractivity contribution in [3.63, 3.8) is 0 Å². The second-order valence-electron chi connectivity index (χ2n) is 7.93. The lowest BCUT2D eigenvalue weighted by atomic mass is 9.67. The minimum Gasteiger partial charge on any atom is -0.368 e. The first-order chi connectivity index (χ1) is 10.9. The van der Waals surface area contributed by atoms with Crippen LogP contribution in [0.4, 0.5) is 0 Å². The molecular weight excluding hydrogens is 363 g/mol.